The second-order valence-corrected chi connectivity index (χ2v) is 3.35. The van der Waals surface area contributed by atoms with Gasteiger partial charge in [-0.1, -0.05) is 33.1 Å². The molecule has 0 aromatic heterocycles. The average molecular weight is 173 g/mol. The smallest absolute Gasteiger partial charge is 0.216 e. The van der Waals surface area contributed by atoms with Gasteiger partial charge in [0.1, 0.15) is 0 Å². The summed E-state index contributed by atoms with van der Waals surface area (Å²) >= 11 is 0. The monoisotopic (exact) mass is 173 g/mol. The molecule has 0 bridgehead atoms. The lowest BCUT2D eigenvalue weighted by atomic mass is 9.99. The van der Waals surface area contributed by atoms with Crippen LogP contribution in [0.1, 0.15) is 47.9 Å². The molecule has 2 nitrogen and oxygen atoms in total. The van der Waals surface area contributed by atoms with Crippen molar-refractivity contribution in [1.82, 2.24) is 5.32 Å². The third kappa shape index (κ3) is 6.20. The van der Waals surface area contributed by atoms with E-state index in [1.807, 2.05) is 0 Å². The Labute approximate surface area is 77.2 Å². The van der Waals surface area contributed by atoms with Crippen molar-refractivity contribution in [3.63, 3.8) is 0 Å². The molecular weight excluding hydrogens is 150 g/mol. The van der Waals surface area contributed by atoms with Crippen LogP contribution in [0.15, 0.2) is 0 Å². The van der Waals surface area contributed by atoms with Crippen molar-refractivity contribution in [2.24, 2.45) is 5.92 Å². The molecule has 0 saturated carbocycles. The van der Waals surface area contributed by atoms with E-state index in [0.29, 0.717) is 5.92 Å². The van der Waals surface area contributed by atoms with Gasteiger partial charge in [-0.15, -0.1) is 0 Å². The number of rotatable bonds is 6. The minimum absolute atomic E-state index is 0. The summed E-state index contributed by atoms with van der Waals surface area (Å²) in [5, 5.41) is 2.87. The molecule has 0 aliphatic heterocycles. The van der Waals surface area contributed by atoms with Gasteiger partial charge in [-0.05, 0) is 12.3 Å². The molecule has 0 spiro atoms. The van der Waals surface area contributed by atoms with Crippen LogP contribution in [0, 0.1) is 5.92 Å². The molecule has 74 valence electrons. The van der Waals surface area contributed by atoms with E-state index in [2.05, 4.69) is 19.2 Å². The van der Waals surface area contributed by atoms with Crippen molar-refractivity contribution in [1.29, 1.82) is 0 Å². The number of carbonyl (C=O) groups is 1. The third-order valence-corrected chi connectivity index (χ3v) is 2.18. The lowest BCUT2D eigenvalue weighted by molar-refractivity contribution is -0.119. The van der Waals surface area contributed by atoms with Gasteiger partial charge >= 0.3 is 0 Å². The van der Waals surface area contributed by atoms with E-state index < -0.39 is 0 Å². The molecule has 1 N–H and O–H groups in total. The highest BCUT2D eigenvalue weighted by atomic mass is 16.1. The van der Waals surface area contributed by atoms with Crippen molar-refractivity contribution >= 4 is 5.91 Å². The largest absolute Gasteiger partial charge is 0.356 e. The zero-order valence-corrected chi connectivity index (χ0v) is 8.52. The number of carbonyl (C=O) groups excluding carboxylic acids is 1. The fraction of sp³-hybridized carbons (Fsp3) is 0.900. The van der Waals surface area contributed by atoms with E-state index in [-0.39, 0.29) is 7.33 Å². The summed E-state index contributed by atoms with van der Waals surface area (Å²) < 4.78 is 0. The Morgan fingerprint density at radius 2 is 2.17 bits per heavy atom. The fourth-order valence-corrected chi connectivity index (χ4v) is 1.23. The number of amides is 1. The summed E-state index contributed by atoms with van der Waals surface area (Å²) in [5.74, 6) is 0.763. The van der Waals surface area contributed by atoms with Crippen molar-refractivity contribution in [2.75, 3.05) is 6.54 Å². The van der Waals surface area contributed by atoms with Crippen LogP contribution in [-0.4, -0.2) is 12.5 Å². The summed E-state index contributed by atoms with van der Waals surface area (Å²) in [6, 6.07) is 0. The Hall–Kier alpha value is -0.530. The molecule has 0 unspecified atom stereocenters. The lowest BCUT2D eigenvalue weighted by Crippen LogP contribution is -2.26. The van der Waals surface area contributed by atoms with Gasteiger partial charge in [0.2, 0.25) is 5.91 Å². The molecule has 12 heavy (non-hydrogen) atoms. The second kappa shape index (κ2) is 7.14. The number of unbranched alkanes of at least 4 members (excludes halogenated alkanes) is 1. The van der Waals surface area contributed by atoms with E-state index in [0.717, 1.165) is 6.54 Å². The molecule has 1 amide bonds. The van der Waals surface area contributed by atoms with Crippen LogP contribution in [0.5, 0.6) is 0 Å². The average Bonchev–Trinajstić information content (AvgIpc) is 2.05. The van der Waals surface area contributed by atoms with Gasteiger partial charge in [-0.25, -0.2) is 0 Å². The van der Waals surface area contributed by atoms with Crippen molar-refractivity contribution < 1.29 is 6.22 Å². The van der Waals surface area contributed by atoms with Crippen LogP contribution in [-0.2, 0) is 4.79 Å². The van der Waals surface area contributed by atoms with Gasteiger partial charge in [0, 0.05) is 14.9 Å². The SMILES string of the molecule is CCCC[C@@H](CC)CNC(C)=O.[HH]. The molecule has 0 radical (unpaired) electrons. The van der Waals surface area contributed by atoms with Crippen LogP contribution in [0.4, 0.5) is 0 Å². The van der Waals surface area contributed by atoms with E-state index in [4.69, 9.17) is 0 Å². The first-order chi connectivity index (χ1) is 5.70. The molecule has 0 aliphatic rings. The molecule has 0 heterocycles. The topological polar surface area (TPSA) is 29.1 Å². The molecule has 0 rings (SSSR count). The highest BCUT2D eigenvalue weighted by Crippen LogP contribution is 2.10. The standard InChI is InChI=1S/C10H21NO.H2/c1-4-6-7-10(5-2)8-11-9(3)12;/h10H,4-8H2,1-3H3,(H,11,12);1H/t10-;/m1./s1. The molecule has 2 heteroatoms. The van der Waals surface area contributed by atoms with Gasteiger partial charge in [-0.2, -0.15) is 0 Å². The minimum Gasteiger partial charge on any atom is -0.356 e. The Morgan fingerprint density at radius 3 is 2.58 bits per heavy atom. The van der Waals surface area contributed by atoms with E-state index in [1.165, 1.54) is 25.7 Å². The van der Waals surface area contributed by atoms with Crippen molar-refractivity contribution in [3.8, 4) is 0 Å². The summed E-state index contributed by atoms with van der Waals surface area (Å²) in [6.07, 6.45) is 4.93. The number of hydrogen-bond acceptors (Lipinski definition) is 1. The number of hydrogen-bond donors (Lipinski definition) is 1. The van der Waals surface area contributed by atoms with Crippen LogP contribution < -0.4 is 5.32 Å². The summed E-state index contributed by atoms with van der Waals surface area (Å²) in [4.78, 5) is 10.6. The molecule has 0 aliphatic carbocycles. The highest BCUT2D eigenvalue weighted by Gasteiger charge is 2.05. The Morgan fingerprint density at radius 1 is 1.50 bits per heavy atom. The number of nitrogens with one attached hydrogen (secondary N) is 1. The highest BCUT2D eigenvalue weighted by molar-refractivity contribution is 5.72. The van der Waals surface area contributed by atoms with E-state index in [9.17, 15) is 4.79 Å². The van der Waals surface area contributed by atoms with E-state index in [1.54, 1.807) is 6.92 Å². The fourth-order valence-electron chi connectivity index (χ4n) is 1.23. The van der Waals surface area contributed by atoms with Crippen LogP contribution in [0.25, 0.3) is 0 Å². The van der Waals surface area contributed by atoms with Crippen molar-refractivity contribution in [2.45, 2.75) is 46.5 Å². The first-order valence-corrected chi connectivity index (χ1v) is 4.95. The minimum atomic E-state index is 0. The zero-order chi connectivity index (χ0) is 9.40. The molecule has 0 aromatic carbocycles. The maximum Gasteiger partial charge on any atom is 0.216 e. The maximum atomic E-state index is 10.6. The third-order valence-electron chi connectivity index (χ3n) is 2.18. The quantitative estimate of drug-likeness (QED) is 0.657. The first kappa shape index (κ1) is 11.5. The maximum absolute atomic E-state index is 10.6. The molecular formula is C10H23NO. The summed E-state index contributed by atoms with van der Waals surface area (Å²) in [6.45, 7) is 6.81. The molecule has 0 saturated heterocycles. The normalized spacial score (nSPS) is 12.6. The predicted molar refractivity (Wildman–Crippen MR) is 54.1 cm³/mol. The Balaban J connectivity index is 0. The molecule has 0 aromatic rings. The van der Waals surface area contributed by atoms with E-state index >= 15 is 0 Å². The van der Waals surface area contributed by atoms with Crippen LogP contribution in [0.3, 0.4) is 0 Å². The first-order valence-electron chi connectivity index (χ1n) is 4.95. The van der Waals surface area contributed by atoms with Gasteiger partial charge in [-0.3, -0.25) is 4.79 Å². The Bertz CT molecular complexity index is 128. The summed E-state index contributed by atoms with van der Waals surface area (Å²) in [5.41, 5.74) is 0. The van der Waals surface area contributed by atoms with Crippen LogP contribution >= 0.6 is 0 Å². The summed E-state index contributed by atoms with van der Waals surface area (Å²) in [7, 11) is 0. The zero-order valence-electron chi connectivity index (χ0n) is 8.52. The predicted octanol–water partition coefficient (Wildman–Crippen LogP) is 2.58. The second-order valence-electron chi connectivity index (χ2n) is 3.35. The van der Waals surface area contributed by atoms with Crippen molar-refractivity contribution in [3.05, 3.63) is 0 Å². The van der Waals surface area contributed by atoms with Crippen LogP contribution in [0.2, 0.25) is 0 Å². The molecule has 1 atom stereocenters. The molecule has 0 fully saturated rings. The van der Waals surface area contributed by atoms with Gasteiger partial charge in [0.25, 0.3) is 0 Å². The van der Waals surface area contributed by atoms with Gasteiger partial charge in [0.05, 0.1) is 0 Å². The Kier molecular flexibility index (Phi) is 6.82. The van der Waals surface area contributed by atoms with Gasteiger partial charge < -0.3 is 5.32 Å². The van der Waals surface area contributed by atoms with Gasteiger partial charge in [0.15, 0.2) is 0 Å². The lowest BCUT2D eigenvalue weighted by Gasteiger charge is -2.13.